The van der Waals surface area contributed by atoms with Gasteiger partial charge in [-0.1, -0.05) is 30.3 Å². The van der Waals surface area contributed by atoms with Crippen LogP contribution < -0.4 is 5.43 Å². The fourth-order valence-corrected chi connectivity index (χ4v) is 3.43. The van der Waals surface area contributed by atoms with Gasteiger partial charge in [0.15, 0.2) is 0 Å². The summed E-state index contributed by atoms with van der Waals surface area (Å²) in [6.45, 7) is 0. The quantitative estimate of drug-likeness (QED) is 0.369. The van der Waals surface area contributed by atoms with Gasteiger partial charge < -0.3 is 5.11 Å². The molecule has 7 heteroatoms. The van der Waals surface area contributed by atoms with E-state index in [9.17, 15) is 4.79 Å². The Balaban J connectivity index is 1.63. The number of carbonyl (C=O) groups is 1. The number of hydrogen-bond donors (Lipinski definition) is 2. The van der Waals surface area contributed by atoms with Crippen molar-refractivity contribution in [2.45, 2.75) is 0 Å². The second-order valence-electron chi connectivity index (χ2n) is 5.95. The second-order valence-corrected chi connectivity index (χ2v) is 6.89. The summed E-state index contributed by atoms with van der Waals surface area (Å²) in [4.78, 5) is 12.1. The molecule has 6 nitrogen and oxygen atoms in total. The van der Waals surface area contributed by atoms with E-state index in [1.807, 2.05) is 58.7 Å². The number of anilines is 1. The fourth-order valence-electron chi connectivity index (χ4n) is 2.70. The van der Waals surface area contributed by atoms with E-state index in [1.54, 1.807) is 29.7 Å². The fraction of sp³-hybridized carbons (Fsp3) is 0. The average molecular weight is 388 g/mol. The molecule has 2 aromatic carbocycles. The molecule has 0 saturated carbocycles. The molecule has 2 heterocycles. The number of aromatic carboxylic acids is 1. The van der Waals surface area contributed by atoms with Crippen LogP contribution in [0.25, 0.3) is 16.3 Å². The zero-order valence-corrected chi connectivity index (χ0v) is 15.5. The van der Waals surface area contributed by atoms with Crippen LogP contribution in [0.5, 0.6) is 0 Å². The molecule has 0 radical (unpaired) electrons. The Hall–Kier alpha value is -3.71. The van der Waals surface area contributed by atoms with Gasteiger partial charge in [-0.05, 0) is 41.8 Å². The predicted molar refractivity (Wildman–Crippen MR) is 111 cm³/mol. The molecule has 4 aromatic rings. The Morgan fingerprint density at radius 3 is 2.71 bits per heavy atom. The first-order chi connectivity index (χ1) is 13.7. The number of rotatable bonds is 6. The van der Waals surface area contributed by atoms with E-state index in [4.69, 9.17) is 10.2 Å². The summed E-state index contributed by atoms with van der Waals surface area (Å²) in [5, 5.41) is 20.1. The number of para-hydroxylation sites is 1. The standard InChI is InChI=1S/C21H16N4O2S/c26-21(27)15-6-4-7-17(12-15)23-22-13-16-14-25(18-8-2-1-3-9-18)24-20(16)19-10-5-11-28-19/h1-14,23H,(H,26,27). The van der Waals surface area contributed by atoms with Crippen molar-refractivity contribution in [1.82, 2.24) is 9.78 Å². The molecule has 0 bridgehead atoms. The monoisotopic (exact) mass is 388 g/mol. The van der Waals surface area contributed by atoms with Gasteiger partial charge in [-0.25, -0.2) is 9.48 Å². The van der Waals surface area contributed by atoms with Gasteiger partial charge in [0, 0.05) is 11.8 Å². The Morgan fingerprint density at radius 1 is 1.11 bits per heavy atom. The van der Waals surface area contributed by atoms with Crippen LogP contribution in [0.4, 0.5) is 5.69 Å². The molecule has 0 fully saturated rings. The zero-order valence-electron chi connectivity index (χ0n) is 14.7. The summed E-state index contributed by atoms with van der Waals surface area (Å²) in [5.74, 6) is -0.975. The minimum atomic E-state index is -0.975. The molecule has 0 spiro atoms. The maximum atomic E-state index is 11.1. The number of nitrogens with one attached hydrogen (secondary N) is 1. The van der Waals surface area contributed by atoms with Crippen LogP contribution in [0, 0.1) is 0 Å². The summed E-state index contributed by atoms with van der Waals surface area (Å²) in [5.41, 5.74) is 6.34. The summed E-state index contributed by atoms with van der Waals surface area (Å²) in [6, 6.07) is 20.4. The largest absolute Gasteiger partial charge is 0.478 e. The van der Waals surface area contributed by atoms with Crippen LogP contribution in [-0.4, -0.2) is 27.1 Å². The van der Waals surface area contributed by atoms with Crippen molar-refractivity contribution in [2.24, 2.45) is 5.10 Å². The van der Waals surface area contributed by atoms with Gasteiger partial charge >= 0.3 is 5.97 Å². The first kappa shape index (κ1) is 17.7. The van der Waals surface area contributed by atoms with Gasteiger partial charge in [-0.3, -0.25) is 5.43 Å². The van der Waals surface area contributed by atoms with E-state index >= 15 is 0 Å². The number of carboxylic acid groups (broad SMARTS) is 1. The summed E-state index contributed by atoms with van der Waals surface area (Å²) in [6.07, 6.45) is 3.61. The van der Waals surface area contributed by atoms with Crippen molar-refractivity contribution in [3.63, 3.8) is 0 Å². The van der Waals surface area contributed by atoms with Crippen molar-refractivity contribution in [3.05, 3.63) is 89.4 Å². The maximum absolute atomic E-state index is 11.1. The van der Waals surface area contributed by atoms with Crippen LogP contribution in [0.3, 0.4) is 0 Å². The Kier molecular flexibility index (Phi) is 4.99. The zero-order chi connectivity index (χ0) is 19.3. The molecule has 0 aliphatic rings. The van der Waals surface area contributed by atoms with Crippen molar-refractivity contribution >= 4 is 29.2 Å². The molecule has 0 aliphatic carbocycles. The van der Waals surface area contributed by atoms with Crippen molar-refractivity contribution < 1.29 is 9.90 Å². The number of thiophene rings is 1. The maximum Gasteiger partial charge on any atom is 0.335 e. The van der Waals surface area contributed by atoms with Crippen molar-refractivity contribution in [3.8, 4) is 16.3 Å². The predicted octanol–water partition coefficient (Wildman–Crippen LogP) is 4.75. The first-order valence-corrected chi connectivity index (χ1v) is 9.40. The van der Waals surface area contributed by atoms with Crippen LogP contribution in [0.2, 0.25) is 0 Å². The third kappa shape index (κ3) is 3.84. The smallest absolute Gasteiger partial charge is 0.335 e. The van der Waals surface area contributed by atoms with E-state index in [0.717, 1.165) is 21.8 Å². The van der Waals surface area contributed by atoms with Crippen molar-refractivity contribution in [2.75, 3.05) is 5.43 Å². The second kappa shape index (κ2) is 7.89. The van der Waals surface area contributed by atoms with E-state index in [-0.39, 0.29) is 5.56 Å². The average Bonchev–Trinajstić information content (AvgIpc) is 3.39. The number of aromatic nitrogens is 2. The van der Waals surface area contributed by atoms with Crippen molar-refractivity contribution in [1.29, 1.82) is 0 Å². The lowest BCUT2D eigenvalue weighted by atomic mass is 10.2. The highest BCUT2D eigenvalue weighted by molar-refractivity contribution is 7.13. The third-order valence-electron chi connectivity index (χ3n) is 4.02. The number of benzene rings is 2. The Labute approximate surface area is 165 Å². The lowest BCUT2D eigenvalue weighted by Gasteiger charge is -2.01. The van der Waals surface area contributed by atoms with Crippen LogP contribution in [0.1, 0.15) is 15.9 Å². The van der Waals surface area contributed by atoms with E-state index in [1.165, 1.54) is 12.1 Å². The SMILES string of the molecule is O=C(O)c1cccc(NN=Cc2cn(-c3ccccc3)nc2-c2cccs2)c1. The van der Waals surface area contributed by atoms with Gasteiger partial charge in [-0.2, -0.15) is 10.2 Å². The Bertz CT molecular complexity index is 1120. The number of carboxylic acids is 1. The highest BCUT2D eigenvalue weighted by Gasteiger charge is 2.12. The van der Waals surface area contributed by atoms with E-state index < -0.39 is 5.97 Å². The highest BCUT2D eigenvalue weighted by atomic mass is 32.1. The lowest BCUT2D eigenvalue weighted by Crippen LogP contribution is -1.97. The van der Waals surface area contributed by atoms with E-state index in [2.05, 4.69) is 10.5 Å². The Morgan fingerprint density at radius 2 is 1.96 bits per heavy atom. The van der Waals surface area contributed by atoms with Gasteiger partial charge in [-0.15, -0.1) is 11.3 Å². The van der Waals surface area contributed by atoms with Gasteiger partial charge in [0.25, 0.3) is 0 Å². The minimum absolute atomic E-state index is 0.205. The molecule has 0 amide bonds. The molecule has 0 aliphatic heterocycles. The van der Waals surface area contributed by atoms with E-state index in [0.29, 0.717) is 5.69 Å². The molecule has 0 saturated heterocycles. The third-order valence-corrected chi connectivity index (χ3v) is 4.90. The first-order valence-electron chi connectivity index (χ1n) is 8.52. The molecule has 4 rings (SSSR count). The summed E-state index contributed by atoms with van der Waals surface area (Å²) in [7, 11) is 0. The summed E-state index contributed by atoms with van der Waals surface area (Å²) >= 11 is 1.61. The number of hydrogen-bond acceptors (Lipinski definition) is 5. The number of nitrogens with zero attached hydrogens (tertiary/aromatic N) is 3. The highest BCUT2D eigenvalue weighted by Crippen LogP contribution is 2.27. The molecule has 2 aromatic heterocycles. The molecular weight excluding hydrogens is 372 g/mol. The molecule has 28 heavy (non-hydrogen) atoms. The minimum Gasteiger partial charge on any atom is -0.478 e. The lowest BCUT2D eigenvalue weighted by molar-refractivity contribution is 0.0697. The number of hydrazone groups is 1. The summed E-state index contributed by atoms with van der Waals surface area (Å²) < 4.78 is 1.82. The van der Waals surface area contributed by atoms with Crippen LogP contribution >= 0.6 is 11.3 Å². The van der Waals surface area contributed by atoms with Crippen LogP contribution in [0.15, 0.2) is 83.4 Å². The topological polar surface area (TPSA) is 79.5 Å². The van der Waals surface area contributed by atoms with Gasteiger partial charge in [0.2, 0.25) is 0 Å². The van der Waals surface area contributed by atoms with Crippen LogP contribution in [-0.2, 0) is 0 Å². The molecule has 0 atom stereocenters. The normalized spacial score (nSPS) is 11.0. The van der Waals surface area contributed by atoms with Gasteiger partial charge in [0.05, 0.1) is 28.0 Å². The molecule has 138 valence electrons. The molecular formula is C21H16N4O2S. The molecule has 0 unspecified atom stereocenters. The van der Waals surface area contributed by atoms with Gasteiger partial charge in [0.1, 0.15) is 5.69 Å². The molecule has 2 N–H and O–H groups in total.